The molecule has 1 fully saturated rings. The summed E-state index contributed by atoms with van der Waals surface area (Å²) in [5, 5.41) is 3.20. The van der Waals surface area contributed by atoms with Crippen molar-refractivity contribution in [1.82, 2.24) is 9.38 Å². The number of hydrogen-bond donors (Lipinski definition) is 0. The highest BCUT2D eigenvalue weighted by molar-refractivity contribution is 8.00. The van der Waals surface area contributed by atoms with Gasteiger partial charge in [-0.15, -0.1) is 11.3 Å². The van der Waals surface area contributed by atoms with E-state index in [1.54, 1.807) is 11.8 Å². The number of imidazole rings is 1. The molecule has 1 aliphatic heterocycles. The Labute approximate surface area is 94.3 Å². The van der Waals surface area contributed by atoms with E-state index in [-0.39, 0.29) is 0 Å². The molecule has 78 valence electrons. The fraction of sp³-hybridized carbons (Fsp3) is 0.333. The van der Waals surface area contributed by atoms with Gasteiger partial charge in [0.2, 0.25) is 0 Å². The second kappa shape index (κ2) is 3.62. The minimum absolute atomic E-state index is 0.452. The smallest absolute Gasteiger partial charge is 0.195 e. The zero-order valence-corrected chi connectivity index (χ0v) is 9.38. The average Bonchev–Trinajstić information content (AvgIpc) is 2.69. The molecule has 3 rings (SSSR count). The molecule has 0 spiro atoms. The van der Waals surface area contributed by atoms with Gasteiger partial charge in [-0.1, -0.05) is 11.8 Å². The Morgan fingerprint density at radius 3 is 3.20 bits per heavy atom. The van der Waals surface area contributed by atoms with Crippen molar-refractivity contribution >= 4 is 34.3 Å². The fourth-order valence-electron chi connectivity index (χ4n) is 1.42. The molecule has 0 N–H and O–H groups in total. The topological polar surface area (TPSA) is 43.6 Å². The first-order chi connectivity index (χ1) is 7.38. The number of nitrogens with zero attached hydrogens (tertiary/aromatic N) is 2. The highest BCUT2D eigenvalue weighted by Crippen LogP contribution is 2.30. The molecule has 0 unspecified atom stereocenters. The third-order valence-corrected chi connectivity index (χ3v) is 4.15. The molecule has 1 saturated heterocycles. The zero-order valence-electron chi connectivity index (χ0n) is 7.75. The maximum absolute atomic E-state index is 11.0. The average molecular weight is 240 g/mol. The molecule has 0 aliphatic carbocycles. The molecule has 3 heterocycles. The van der Waals surface area contributed by atoms with E-state index in [1.807, 2.05) is 16.0 Å². The number of thiazole rings is 1. The van der Waals surface area contributed by atoms with Crippen molar-refractivity contribution < 1.29 is 9.53 Å². The Bertz CT molecular complexity index is 501. The molecule has 4 nitrogen and oxygen atoms in total. The minimum Gasteiger partial charge on any atom is -0.379 e. The molecule has 1 aliphatic rings. The first kappa shape index (κ1) is 9.38. The van der Waals surface area contributed by atoms with Crippen LogP contribution in [0.25, 0.3) is 4.96 Å². The number of aldehydes is 1. The molecular weight excluding hydrogens is 232 g/mol. The van der Waals surface area contributed by atoms with Crippen molar-refractivity contribution in [2.24, 2.45) is 0 Å². The van der Waals surface area contributed by atoms with E-state index in [1.165, 1.54) is 11.3 Å². The number of fused-ring (bicyclic) bond motifs is 1. The zero-order chi connectivity index (χ0) is 10.3. The van der Waals surface area contributed by atoms with E-state index in [2.05, 4.69) is 4.98 Å². The summed E-state index contributed by atoms with van der Waals surface area (Å²) in [7, 11) is 0. The summed E-state index contributed by atoms with van der Waals surface area (Å²) in [4.78, 5) is 16.3. The normalized spacial score (nSPS) is 16.8. The van der Waals surface area contributed by atoms with Gasteiger partial charge in [0, 0.05) is 11.6 Å². The number of ether oxygens (including phenoxy) is 1. The Kier molecular flexibility index (Phi) is 2.27. The Hall–Kier alpha value is -0.850. The van der Waals surface area contributed by atoms with E-state index in [0.717, 1.165) is 29.5 Å². The molecule has 0 saturated carbocycles. The number of carbonyl (C=O) groups is 1. The molecule has 0 radical (unpaired) electrons. The standard InChI is InChI=1S/C9H8N2O2S2/c12-3-7-8(15-6-4-13-5-6)10-9-11(7)1-2-14-9/h1-3,6H,4-5H2. The van der Waals surface area contributed by atoms with E-state index in [4.69, 9.17) is 4.74 Å². The van der Waals surface area contributed by atoms with E-state index in [0.29, 0.717) is 10.9 Å². The van der Waals surface area contributed by atoms with E-state index >= 15 is 0 Å². The SMILES string of the molecule is O=Cc1c(SC2COC2)nc2sccn12. The van der Waals surface area contributed by atoms with Gasteiger partial charge in [0.25, 0.3) is 0 Å². The maximum Gasteiger partial charge on any atom is 0.195 e. The maximum atomic E-state index is 11.0. The van der Waals surface area contributed by atoms with Crippen molar-refractivity contribution in [1.29, 1.82) is 0 Å². The molecule has 0 atom stereocenters. The van der Waals surface area contributed by atoms with Crippen molar-refractivity contribution in [3.8, 4) is 0 Å². The lowest BCUT2D eigenvalue weighted by molar-refractivity contribution is 0.0454. The Balaban J connectivity index is 2.00. The summed E-state index contributed by atoms with van der Waals surface area (Å²) >= 11 is 3.17. The van der Waals surface area contributed by atoms with Crippen LogP contribution >= 0.6 is 23.1 Å². The van der Waals surface area contributed by atoms with Gasteiger partial charge in [0.15, 0.2) is 11.2 Å². The predicted octanol–water partition coefficient (Wildman–Crippen LogP) is 1.70. The largest absolute Gasteiger partial charge is 0.379 e. The number of rotatable bonds is 3. The van der Waals surface area contributed by atoms with Crippen LogP contribution in [0.5, 0.6) is 0 Å². The van der Waals surface area contributed by atoms with Gasteiger partial charge in [0.1, 0.15) is 10.7 Å². The van der Waals surface area contributed by atoms with Gasteiger partial charge in [-0.3, -0.25) is 9.20 Å². The monoisotopic (exact) mass is 240 g/mol. The van der Waals surface area contributed by atoms with Crippen LogP contribution in [0.2, 0.25) is 0 Å². The summed E-state index contributed by atoms with van der Waals surface area (Å²) in [6.45, 7) is 1.52. The van der Waals surface area contributed by atoms with Crippen LogP contribution in [0, 0.1) is 0 Å². The van der Waals surface area contributed by atoms with Crippen molar-refractivity contribution in [3.63, 3.8) is 0 Å². The van der Waals surface area contributed by atoms with Gasteiger partial charge in [-0.2, -0.15) is 0 Å². The van der Waals surface area contributed by atoms with Crippen LogP contribution in [-0.2, 0) is 4.74 Å². The number of thioether (sulfide) groups is 1. The van der Waals surface area contributed by atoms with Gasteiger partial charge in [0.05, 0.1) is 18.5 Å². The molecule has 0 amide bonds. The predicted molar refractivity (Wildman–Crippen MR) is 58.9 cm³/mol. The number of aromatic nitrogens is 2. The van der Waals surface area contributed by atoms with Crippen LogP contribution in [0.4, 0.5) is 0 Å². The van der Waals surface area contributed by atoms with E-state index < -0.39 is 0 Å². The van der Waals surface area contributed by atoms with Crippen LogP contribution < -0.4 is 0 Å². The minimum atomic E-state index is 0.452. The molecule has 0 aromatic carbocycles. The molecule has 2 aromatic rings. The lowest BCUT2D eigenvalue weighted by Gasteiger charge is -2.24. The first-order valence-electron chi connectivity index (χ1n) is 4.53. The first-order valence-corrected chi connectivity index (χ1v) is 6.29. The van der Waals surface area contributed by atoms with Crippen LogP contribution in [-0.4, -0.2) is 34.1 Å². The molecule has 2 aromatic heterocycles. The third-order valence-electron chi connectivity index (χ3n) is 2.26. The molecule has 0 bridgehead atoms. The van der Waals surface area contributed by atoms with Crippen LogP contribution in [0.15, 0.2) is 16.6 Å². The van der Waals surface area contributed by atoms with Crippen molar-refractivity contribution in [3.05, 3.63) is 17.3 Å². The van der Waals surface area contributed by atoms with Gasteiger partial charge in [-0.05, 0) is 0 Å². The lowest BCUT2D eigenvalue weighted by atomic mass is 10.4. The molecule has 15 heavy (non-hydrogen) atoms. The number of carbonyl (C=O) groups excluding carboxylic acids is 1. The Morgan fingerprint density at radius 1 is 1.67 bits per heavy atom. The highest BCUT2D eigenvalue weighted by Gasteiger charge is 2.23. The Morgan fingerprint density at radius 2 is 2.53 bits per heavy atom. The van der Waals surface area contributed by atoms with Gasteiger partial charge >= 0.3 is 0 Å². The lowest BCUT2D eigenvalue weighted by Crippen LogP contribution is -2.30. The van der Waals surface area contributed by atoms with Crippen LogP contribution in [0.3, 0.4) is 0 Å². The second-order valence-electron chi connectivity index (χ2n) is 3.25. The fourth-order valence-corrected chi connectivity index (χ4v) is 3.25. The highest BCUT2D eigenvalue weighted by atomic mass is 32.2. The van der Waals surface area contributed by atoms with Gasteiger partial charge < -0.3 is 4.74 Å². The molecule has 6 heteroatoms. The number of hydrogen-bond acceptors (Lipinski definition) is 5. The van der Waals surface area contributed by atoms with Crippen molar-refractivity contribution in [2.75, 3.05) is 13.2 Å². The quantitative estimate of drug-likeness (QED) is 0.766. The summed E-state index contributed by atoms with van der Waals surface area (Å²) in [5.74, 6) is 0. The van der Waals surface area contributed by atoms with Gasteiger partial charge in [-0.25, -0.2) is 4.98 Å². The summed E-state index contributed by atoms with van der Waals surface area (Å²) in [6, 6.07) is 0. The summed E-state index contributed by atoms with van der Waals surface area (Å²) in [5.41, 5.74) is 0.656. The second-order valence-corrected chi connectivity index (χ2v) is 5.42. The molecular formula is C9H8N2O2S2. The summed E-state index contributed by atoms with van der Waals surface area (Å²) < 4.78 is 6.93. The van der Waals surface area contributed by atoms with Crippen LogP contribution in [0.1, 0.15) is 10.5 Å². The summed E-state index contributed by atoms with van der Waals surface area (Å²) in [6.07, 6.45) is 2.74. The van der Waals surface area contributed by atoms with Crippen molar-refractivity contribution in [2.45, 2.75) is 10.3 Å². The third kappa shape index (κ3) is 1.49. The van der Waals surface area contributed by atoms with E-state index in [9.17, 15) is 4.79 Å².